The first kappa shape index (κ1) is 15.4. The molecule has 2 N–H and O–H groups in total. The quantitative estimate of drug-likeness (QED) is 0.760. The molecule has 1 aromatic carbocycles. The van der Waals surface area contributed by atoms with Crippen LogP contribution >= 0.6 is 11.6 Å². The van der Waals surface area contributed by atoms with Crippen molar-refractivity contribution in [1.29, 1.82) is 0 Å². The Bertz CT molecular complexity index is 855. The molecule has 2 heterocycles. The number of rotatable bonds is 3. The van der Waals surface area contributed by atoms with E-state index in [1.807, 2.05) is 47.1 Å². The van der Waals surface area contributed by atoms with Crippen LogP contribution in [0.3, 0.4) is 0 Å². The van der Waals surface area contributed by atoms with Gasteiger partial charge in [-0.05, 0) is 49.9 Å². The van der Waals surface area contributed by atoms with Crippen molar-refractivity contribution in [1.82, 2.24) is 14.6 Å². The number of aromatic nitrogens is 3. The molecule has 1 fully saturated rings. The molecule has 0 aliphatic heterocycles. The highest BCUT2D eigenvalue weighted by Gasteiger charge is 2.19. The molecule has 6 heteroatoms. The van der Waals surface area contributed by atoms with Crippen LogP contribution in [0.5, 0.6) is 0 Å². The molecule has 0 unspecified atom stereocenters. The van der Waals surface area contributed by atoms with Gasteiger partial charge in [-0.25, -0.2) is 9.50 Å². The van der Waals surface area contributed by atoms with Crippen molar-refractivity contribution in [3.8, 4) is 11.3 Å². The molecule has 3 aromatic rings. The molecule has 0 spiro atoms. The predicted octanol–water partition coefficient (Wildman–Crippen LogP) is 3.77. The number of anilines is 1. The zero-order valence-corrected chi connectivity index (χ0v) is 13.9. The van der Waals surface area contributed by atoms with Gasteiger partial charge in [-0.15, -0.1) is 5.10 Å². The van der Waals surface area contributed by atoms with Crippen molar-refractivity contribution in [2.45, 2.75) is 37.8 Å². The second-order valence-electron chi connectivity index (χ2n) is 6.29. The summed E-state index contributed by atoms with van der Waals surface area (Å²) in [7, 11) is 0. The fourth-order valence-corrected chi connectivity index (χ4v) is 3.41. The third kappa shape index (κ3) is 3.09. The molecule has 4 rings (SSSR count). The molecular weight excluding hydrogens is 324 g/mol. The first-order valence-electron chi connectivity index (χ1n) is 8.24. The van der Waals surface area contributed by atoms with Crippen LogP contribution in [-0.2, 0) is 0 Å². The topological polar surface area (TPSA) is 62.5 Å². The van der Waals surface area contributed by atoms with Crippen LogP contribution < -0.4 is 5.32 Å². The van der Waals surface area contributed by atoms with Crippen molar-refractivity contribution in [3.63, 3.8) is 0 Å². The molecule has 1 aliphatic rings. The van der Waals surface area contributed by atoms with Crippen molar-refractivity contribution in [2.24, 2.45) is 0 Å². The maximum atomic E-state index is 9.62. The van der Waals surface area contributed by atoms with Crippen LogP contribution in [0.4, 0.5) is 5.82 Å². The maximum absolute atomic E-state index is 9.62. The van der Waals surface area contributed by atoms with Crippen LogP contribution in [0.2, 0.25) is 5.02 Å². The van der Waals surface area contributed by atoms with Gasteiger partial charge in [0, 0.05) is 16.6 Å². The highest BCUT2D eigenvalue weighted by molar-refractivity contribution is 6.30. The Morgan fingerprint density at radius 1 is 1.12 bits per heavy atom. The Morgan fingerprint density at radius 2 is 1.96 bits per heavy atom. The first-order valence-corrected chi connectivity index (χ1v) is 8.62. The number of benzene rings is 1. The summed E-state index contributed by atoms with van der Waals surface area (Å²) in [4.78, 5) is 4.42. The standard InChI is InChI=1S/C18H19ClN4O/c19-13-3-1-2-12(10-13)16-11-20-18-9-8-17(22-23(16)18)21-14-4-6-15(24)7-5-14/h1-3,8-11,14-15,24H,4-7H2,(H,21,22). The summed E-state index contributed by atoms with van der Waals surface area (Å²) in [5.74, 6) is 0.824. The second kappa shape index (κ2) is 6.42. The molecule has 0 atom stereocenters. The minimum atomic E-state index is -0.151. The fraction of sp³-hybridized carbons (Fsp3) is 0.333. The number of nitrogens with one attached hydrogen (secondary N) is 1. The molecule has 24 heavy (non-hydrogen) atoms. The van der Waals surface area contributed by atoms with Gasteiger partial charge in [0.2, 0.25) is 0 Å². The number of halogens is 1. The van der Waals surface area contributed by atoms with Crippen LogP contribution in [0, 0.1) is 0 Å². The lowest BCUT2D eigenvalue weighted by molar-refractivity contribution is 0.126. The number of nitrogens with zero attached hydrogens (tertiary/aromatic N) is 3. The zero-order chi connectivity index (χ0) is 16.5. The molecule has 0 radical (unpaired) electrons. The number of aliphatic hydroxyl groups is 1. The molecule has 0 saturated heterocycles. The van der Waals surface area contributed by atoms with Gasteiger partial charge in [0.05, 0.1) is 18.0 Å². The summed E-state index contributed by atoms with van der Waals surface area (Å²) >= 11 is 6.10. The molecule has 1 saturated carbocycles. The van der Waals surface area contributed by atoms with Gasteiger partial charge in [-0.2, -0.15) is 0 Å². The molecular formula is C18H19ClN4O. The Morgan fingerprint density at radius 3 is 2.75 bits per heavy atom. The van der Waals surface area contributed by atoms with Crippen molar-refractivity contribution < 1.29 is 5.11 Å². The van der Waals surface area contributed by atoms with Gasteiger partial charge < -0.3 is 10.4 Å². The van der Waals surface area contributed by atoms with E-state index in [-0.39, 0.29) is 6.10 Å². The van der Waals surface area contributed by atoms with E-state index in [1.165, 1.54) is 0 Å². The lowest BCUT2D eigenvalue weighted by Crippen LogP contribution is -2.28. The van der Waals surface area contributed by atoms with Gasteiger partial charge in [0.1, 0.15) is 5.82 Å². The molecule has 0 amide bonds. The maximum Gasteiger partial charge on any atom is 0.154 e. The summed E-state index contributed by atoms with van der Waals surface area (Å²) in [6.45, 7) is 0. The number of aliphatic hydroxyl groups excluding tert-OH is 1. The number of hydrogen-bond acceptors (Lipinski definition) is 4. The summed E-state index contributed by atoms with van der Waals surface area (Å²) in [5.41, 5.74) is 2.70. The largest absolute Gasteiger partial charge is 0.393 e. The Kier molecular flexibility index (Phi) is 4.12. The van der Waals surface area contributed by atoms with Crippen LogP contribution in [0.25, 0.3) is 16.9 Å². The fourth-order valence-electron chi connectivity index (χ4n) is 3.22. The van der Waals surface area contributed by atoms with E-state index in [4.69, 9.17) is 16.7 Å². The molecule has 124 valence electrons. The highest BCUT2D eigenvalue weighted by atomic mass is 35.5. The molecule has 5 nitrogen and oxygen atoms in total. The monoisotopic (exact) mass is 342 g/mol. The number of hydrogen-bond donors (Lipinski definition) is 2. The Hall–Kier alpha value is -2.11. The lowest BCUT2D eigenvalue weighted by atomic mass is 9.93. The predicted molar refractivity (Wildman–Crippen MR) is 95.3 cm³/mol. The minimum Gasteiger partial charge on any atom is -0.393 e. The smallest absolute Gasteiger partial charge is 0.154 e. The third-order valence-electron chi connectivity index (χ3n) is 4.53. The minimum absolute atomic E-state index is 0.151. The summed E-state index contributed by atoms with van der Waals surface area (Å²) < 4.78 is 1.84. The summed E-state index contributed by atoms with van der Waals surface area (Å²) in [6, 6.07) is 12.0. The average molecular weight is 343 g/mol. The molecule has 2 aromatic heterocycles. The van der Waals surface area contributed by atoms with Crippen LogP contribution in [-0.4, -0.2) is 31.9 Å². The molecule has 1 aliphatic carbocycles. The zero-order valence-electron chi connectivity index (χ0n) is 13.2. The first-order chi connectivity index (χ1) is 11.7. The summed E-state index contributed by atoms with van der Waals surface area (Å²) in [6.07, 6.45) is 5.28. The third-order valence-corrected chi connectivity index (χ3v) is 4.77. The van der Waals surface area contributed by atoms with Crippen LogP contribution in [0.15, 0.2) is 42.6 Å². The van der Waals surface area contributed by atoms with Gasteiger partial charge in [-0.1, -0.05) is 23.7 Å². The van der Waals surface area contributed by atoms with Crippen LogP contribution in [0.1, 0.15) is 25.7 Å². The van der Waals surface area contributed by atoms with E-state index >= 15 is 0 Å². The van der Waals surface area contributed by atoms with Gasteiger partial charge in [0.25, 0.3) is 0 Å². The van der Waals surface area contributed by atoms with E-state index in [9.17, 15) is 5.11 Å². The van der Waals surface area contributed by atoms with Crippen molar-refractivity contribution in [3.05, 3.63) is 47.6 Å². The Balaban J connectivity index is 1.63. The Labute approximate surface area is 145 Å². The summed E-state index contributed by atoms with van der Waals surface area (Å²) in [5, 5.41) is 18.5. The highest BCUT2D eigenvalue weighted by Crippen LogP contribution is 2.25. The molecule has 0 bridgehead atoms. The average Bonchev–Trinajstić information content (AvgIpc) is 3.00. The lowest BCUT2D eigenvalue weighted by Gasteiger charge is -2.26. The van der Waals surface area contributed by atoms with E-state index in [0.717, 1.165) is 48.4 Å². The number of imidazole rings is 1. The van der Waals surface area contributed by atoms with Crippen molar-refractivity contribution >= 4 is 23.1 Å². The number of fused-ring (bicyclic) bond motifs is 1. The van der Waals surface area contributed by atoms with Crippen molar-refractivity contribution in [2.75, 3.05) is 5.32 Å². The SMILES string of the molecule is OC1CCC(Nc2ccc3ncc(-c4cccc(Cl)c4)n3n2)CC1. The normalized spacial score (nSPS) is 21.1. The van der Waals surface area contributed by atoms with Gasteiger partial charge >= 0.3 is 0 Å². The van der Waals surface area contributed by atoms with E-state index in [1.54, 1.807) is 0 Å². The van der Waals surface area contributed by atoms with Gasteiger partial charge in [-0.3, -0.25) is 0 Å². The van der Waals surface area contributed by atoms with Gasteiger partial charge in [0.15, 0.2) is 5.65 Å². The van der Waals surface area contributed by atoms with E-state index in [0.29, 0.717) is 11.1 Å². The van der Waals surface area contributed by atoms with E-state index in [2.05, 4.69) is 10.3 Å². The second-order valence-corrected chi connectivity index (χ2v) is 6.73. The van der Waals surface area contributed by atoms with E-state index < -0.39 is 0 Å².